The van der Waals surface area contributed by atoms with E-state index in [4.69, 9.17) is 0 Å². The molecule has 0 bridgehead atoms. The molecule has 0 amide bonds. The first-order valence-corrected chi connectivity index (χ1v) is 9.04. The summed E-state index contributed by atoms with van der Waals surface area (Å²) in [6, 6.07) is 0.238. The fourth-order valence-electron chi connectivity index (χ4n) is 3.53. The molecule has 0 aromatic rings. The highest BCUT2D eigenvalue weighted by Gasteiger charge is 2.37. The SMILES string of the molecule is CN(CC1CCCNC1)C1CCCC1S(C)(=O)=O. The summed E-state index contributed by atoms with van der Waals surface area (Å²) in [6.45, 7) is 3.25. The molecule has 0 radical (unpaired) electrons. The van der Waals surface area contributed by atoms with Gasteiger partial charge in [0.2, 0.25) is 0 Å². The van der Waals surface area contributed by atoms with Crippen molar-refractivity contribution in [3.05, 3.63) is 0 Å². The van der Waals surface area contributed by atoms with Crippen molar-refractivity contribution in [2.45, 2.75) is 43.4 Å². The van der Waals surface area contributed by atoms with E-state index in [0.29, 0.717) is 5.92 Å². The van der Waals surface area contributed by atoms with E-state index < -0.39 is 9.84 Å². The third-order valence-corrected chi connectivity index (χ3v) is 6.13. The number of nitrogens with one attached hydrogen (secondary N) is 1. The van der Waals surface area contributed by atoms with Gasteiger partial charge in [-0.05, 0) is 51.7 Å². The van der Waals surface area contributed by atoms with Gasteiger partial charge in [-0.2, -0.15) is 0 Å². The zero-order valence-corrected chi connectivity index (χ0v) is 12.4. The fourth-order valence-corrected chi connectivity index (χ4v) is 5.04. The normalized spacial score (nSPS) is 34.1. The van der Waals surface area contributed by atoms with Gasteiger partial charge in [-0.15, -0.1) is 0 Å². The molecule has 18 heavy (non-hydrogen) atoms. The number of hydrogen-bond donors (Lipinski definition) is 1. The van der Waals surface area contributed by atoms with Gasteiger partial charge in [0.05, 0.1) is 5.25 Å². The van der Waals surface area contributed by atoms with Crippen LogP contribution < -0.4 is 5.32 Å². The van der Waals surface area contributed by atoms with Crippen molar-refractivity contribution in [2.75, 3.05) is 32.9 Å². The van der Waals surface area contributed by atoms with Crippen LogP contribution in [0.3, 0.4) is 0 Å². The fraction of sp³-hybridized carbons (Fsp3) is 1.00. The maximum absolute atomic E-state index is 11.8. The Morgan fingerprint density at radius 2 is 2.00 bits per heavy atom. The van der Waals surface area contributed by atoms with Crippen molar-refractivity contribution >= 4 is 9.84 Å². The van der Waals surface area contributed by atoms with Crippen LogP contribution in [-0.2, 0) is 9.84 Å². The van der Waals surface area contributed by atoms with Gasteiger partial charge in [-0.3, -0.25) is 0 Å². The van der Waals surface area contributed by atoms with Gasteiger partial charge >= 0.3 is 0 Å². The summed E-state index contributed by atoms with van der Waals surface area (Å²) in [7, 11) is -0.795. The number of sulfone groups is 1. The van der Waals surface area contributed by atoms with Crippen LogP contribution in [0.15, 0.2) is 0 Å². The third kappa shape index (κ3) is 3.45. The summed E-state index contributed by atoms with van der Waals surface area (Å²) in [5, 5.41) is 3.29. The predicted octanol–water partition coefficient (Wildman–Crippen LogP) is 0.884. The van der Waals surface area contributed by atoms with Crippen LogP contribution in [0.4, 0.5) is 0 Å². The molecule has 106 valence electrons. The molecule has 5 heteroatoms. The summed E-state index contributed by atoms with van der Waals surface area (Å²) in [6.07, 6.45) is 6.85. The van der Waals surface area contributed by atoms with E-state index in [1.54, 1.807) is 0 Å². The molecule has 1 saturated carbocycles. The van der Waals surface area contributed by atoms with Crippen LogP contribution in [0.25, 0.3) is 0 Å². The Morgan fingerprint density at radius 3 is 2.61 bits per heavy atom. The van der Waals surface area contributed by atoms with Gasteiger partial charge < -0.3 is 10.2 Å². The second-order valence-corrected chi connectivity index (χ2v) is 8.28. The third-order valence-electron chi connectivity index (χ3n) is 4.48. The molecule has 1 aliphatic carbocycles. The van der Waals surface area contributed by atoms with Crippen molar-refractivity contribution in [1.82, 2.24) is 10.2 Å². The molecule has 1 heterocycles. The maximum Gasteiger partial charge on any atom is 0.151 e. The highest BCUT2D eigenvalue weighted by Crippen LogP contribution is 2.29. The van der Waals surface area contributed by atoms with E-state index >= 15 is 0 Å². The van der Waals surface area contributed by atoms with E-state index in [2.05, 4.69) is 17.3 Å². The molecule has 4 nitrogen and oxygen atoms in total. The summed E-state index contributed by atoms with van der Waals surface area (Å²) in [5.41, 5.74) is 0. The Kier molecular flexibility index (Phi) is 4.67. The molecule has 1 aliphatic heterocycles. The van der Waals surface area contributed by atoms with Crippen LogP contribution in [0, 0.1) is 5.92 Å². The molecule has 3 atom stereocenters. The first-order chi connectivity index (χ1) is 8.48. The Labute approximate surface area is 111 Å². The topological polar surface area (TPSA) is 49.4 Å². The van der Waals surface area contributed by atoms with Gasteiger partial charge in [0, 0.05) is 18.8 Å². The van der Waals surface area contributed by atoms with E-state index in [1.165, 1.54) is 19.1 Å². The zero-order chi connectivity index (χ0) is 13.2. The van der Waals surface area contributed by atoms with Crippen LogP contribution in [0.2, 0.25) is 0 Å². The van der Waals surface area contributed by atoms with Gasteiger partial charge in [0.1, 0.15) is 0 Å². The molecular weight excluding hydrogens is 248 g/mol. The number of nitrogens with zero attached hydrogens (tertiary/aromatic N) is 1. The van der Waals surface area contributed by atoms with Crippen molar-refractivity contribution in [3.63, 3.8) is 0 Å². The Morgan fingerprint density at radius 1 is 1.22 bits per heavy atom. The lowest BCUT2D eigenvalue weighted by Gasteiger charge is -2.33. The van der Waals surface area contributed by atoms with Crippen molar-refractivity contribution < 1.29 is 8.42 Å². The van der Waals surface area contributed by atoms with Crippen LogP contribution in [0.1, 0.15) is 32.1 Å². The molecule has 0 spiro atoms. The van der Waals surface area contributed by atoms with Crippen LogP contribution >= 0.6 is 0 Å². The Balaban J connectivity index is 1.93. The first-order valence-electron chi connectivity index (χ1n) is 7.08. The predicted molar refractivity (Wildman–Crippen MR) is 74.5 cm³/mol. The quantitative estimate of drug-likeness (QED) is 0.827. The number of piperidine rings is 1. The van der Waals surface area contributed by atoms with Gasteiger partial charge in [-0.25, -0.2) is 8.42 Å². The minimum absolute atomic E-state index is 0.140. The summed E-state index contributed by atoms with van der Waals surface area (Å²) in [4.78, 5) is 2.30. The second kappa shape index (κ2) is 5.88. The van der Waals surface area contributed by atoms with Gasteiger partial charge in [-0.1, -0.05) is 6.42 Å². The Bertz CT molecular complexity index is 363. The Hall–Kier alpha value is -0.130. The molecule has 2 aliphatic rings. The summed E-state index contributed by atoms with van der Waals surface area (Å²) < 4.78 is 23.6. The number of rotatable bonds is 4. The minimum Gasteiger partial charge on any atom is -0.316 e. The average Bonchev–Trinajstić information content (AvgIpc) is 2.79. The summed E-state index contributed by atoms with van der Waals surface area (Å²) >= 11 is 0. The average molecular weight is 274 g/mol. The molecule has 3 unspecified atom stereocenters. The lowest BCUT2D eigenvalue weighted by Crippen LogP contribution is -2.45. The smallest absolute Gasteiger partial charge is 0.151 e. The molecule has 1 saturated heterocycles. The van der Waals surface area contributed by atoms with Crippen molar-refractivity contribution in [2.24, 2.45) is 5.92 Å². The summed E-state index contributed by atoms with van der Waals surface area (Å²) in [5.74, 6) is 0.685. The van der Waals surface area contributed by atoms with Crippen molar-refractivity contribution in [3.8, 4) is 0 Å². The van der Waals surface area contributed by atoms with E-state index in [1.807, 2.05) is 0 Å². The maximum atomic E-state index is 11.8. The van der Waals surface area contributed by atoms with E-state index in [-0.39, 0.29) is 11.3 Å². The van der Waals surface area contributed by atoms with E-state index in [9.17, 15) is 8.42 Å². The highest BCUT2D eigenvalue weighted by molar-refractivity contribution is 7.91. The van der Waals surface area contributed by atoms with Crippen molar-refractivity contribution in [1.29, 1.82) is 0 Å². The lowest BCUT2D eigenvalue weighted by atomic mass is 9.98. The second-order valence-electron chi connectivity index (χ2n) is 6.02. The van der Waals surface area contributed by atoms with E-state index in [0.717, 1.165) is 38.9 Å². The molecule has 2 fully saturated rings. The monoisotopic (exact) mass is 274 g/mol. The van der Waals surface area contributed by atoms with Crippen LogP contribution in [0.5, 0.6) is 0 Å². The standard InChI is InChI=1S/C13H26N2O2S/c1-15(10-11-5-4-8-14-9-11)12-6-3-7-13(12)18(2,16)17/h11-14H,3-10H2,1-2H3. The molecular formula is C13H26N2O2S. The zero-order valence-electron chi connectivity index (χ0n) is 11.6. The molecule has 0 aromatic carbocycles. The molecule has 2 rings (SSSR count). The lowest BCUT2D eigenvalue weighted by molar-refractivity contribution is 0.191. The molecule has 0 aromatic heterocycles. The minimum atomic E-state index is -2.89. The largest absolute Gasteiger partial charge is 0.316 e. The first kappa shape index (κ1) is 14.3. The van der Waals surface area contributed by atoms with Gasteiger partial charge in [0.25, 0.3) is 0 Å². The van der Waals surface area contributed by atoms with Gasteiger partial charge in [0.15, 0.2) is 9.84 Å². The molecule has 1 N–H and O–H groups in total. The van der Waals surface area contributed by atoms with Crippen LogP contribution in [-0.4, -0.2) is 57.5 Å². The highest BCUT2D eigenvalue weighted by atomic mass is 32.2. The number of hydrogen-bond acceptors (Lipinski definition) is 4.